The number of hydrogen-bond acceptors (Lipinski definition) is 3. The molecule has 0 unspecified atom stereocenters. The second kappa shape index (κ2) is 9.53. The normalized spacial score (nSPS) is 12.3. The zero-order valence-corrected chi connectivity index (χ0v) is 19.4. The number of sulfonamides is 1. The van der Waals surface area contributed by atoms with Crippen molar-refractivity contribution in [3.05, 3.63) is 100 Å². The first-order valence-electron chi connectivity index (χ1n) is 10.2. The van der Waals surface area contributed by atoms with Crippen molar-refractivity contribution >= 4 is 21.6 Å². The number of nitrogens with one attached hydrogen (secondary N) is 1. The van der Waals surface area contributed by atoms with Gasteiger partial charge in [-0.1, -0.05) is 36.4 Å². The van der Waals surface area contributed by atoms with Gasteiger partial charge in [0.05, 0.1) is 24.5 Å². The van der Waals surface area contributed by atoms with Crippen LogP contribution in [0.15, 0.2) is 66.7 Å². The van der Waals surface area contributed by atoms with E-state index in [0.717, 1.165) is 22.3 Å². The quantitative estimate of drug-likeness (QED) is 0.552. The molecule has 3 rings (SSSR count). The van der Waals surface area contributed by atoms with Crippen molar-refractivity contribution in [2.24, 2.45) is 0 Å². The number of carbonyl (C=O) groups excluding carboxylic acids is 1. The van der Waals surface area contributed by atoms with E-state index in [4.69, 9.17) is 0 Å². The van der Waals surface area contributed by atoms with Crippen LogP contribution in [0.3, 0.4) is 0 Å². The van der Waals surface area contributed by atoms with E-state index in [9.17, 15) is 17.6 Å². The molecule has 0 aliphatic carbocycles. The highest BCUT2D eigenvalue weighted by atomic mass is 32.2. The Hall–Kier alpha value is -3.19. The molecule has 7 heteroatoms. The Bertz CT molecular complexity index is 1210. The molecule has 3 aromatic carbocycles. The van der Waals surface area contributed by atoms with E-state index in [1.165, 1.54) is 22.7 Å². The monoisotopic (exact) mass is 454 g/mol. The third-order valence-electron chi connectivity index (χ3n) is 5.29. The van der Waals surface area contributed by atoms with Gasteiger partial charge in [-0.2, -0.15) is 0 Å². The zero-order valence-electron chi connectivity index (χ0n) is 18.6. The van der Waals surface area contributed by atoms with Crippen molar-refractivity contribution in [3.8, 4) is 0 Å². The predicted octanol–water partition coefficient (Wildman–Crippen LogP) is 4.90. The summed E-state index contributed by atoms with van der Waals surface area (Å²) in [5, 5.41) is 2.89. The van der Waals surface area contributed by atoms with Crippen LogP contribution in [0.1, 0.15) is 45.6 Å². The van der Waals surface area contributed by atoms with Gasteiger partial charge in [-0.05, 0) is 73.4 Å². The fraction of sp³-hybridized carbons (Fsp3) is 0.240. The SMILES string of the molecule is Cc1ccc(C)c(N(Cc2ccc(C(=O)N[C@H](C)c3ccc(F)cc3)cc2)S(C)(=O)=O)c1. The number of hydrogen-bond donors (Lipinski definition) is 1. The van der Waals surface area contributed by atoms with E-state index in [0.29, 0.717) is 11.3 Å². The molecular formula is C25H27FN2O3S. The molecule has 0 fully saturated rings. The van der Waals surface area contributed by atoms with Crippen LogP contribution in [0.4, 0.5) is 10.1 Å². The molecule has 1 atom stereocenters. The summed E-state index contributed by atoms with van der Waals surface area (Å²) in [6.07, 6.45) is 1.19. The summed E-state index contributed by atoms with van der Waals surface area (Å²) < 4.78 is 39.5. The number of benzene rings is 3. The molecule has 1 amide bonds. The number of amides is 1. The summed E-state index contributed by atoms with van der Waals surface area (Å²) in [6.45, 7) is 5.79. The van der Waals surface area contributed by atoms with Crippen molar-refractivity contribution in [2.45, 2.75) is 33.4 Å². The van der Waals surface area contributed by atoms with E-state index in [1.54, 1.807) is 36.4 Å². The minimum Gasteiger partial charge on any atom is -0.346 e. The number of carbonyl (C=O) groups is 1. The third kappa shape index (κ3) is 5.73. The van der Waals surface area contributed by atoms with Crippen LogP contribution < -0.4 is 9.62 Å². The van der Waals surface area contributed by atoms with Gasteiger partial charge in [-0.25, -0.2) is 12.8 Å². The van der Waals surface area contributed by atoms with Gasteiger partial charge in [0, 0.05) is 5.56 Å². The Morgan fingerprint density at radius 2 is 1.62 bits per heavy atom. The Kier molecular flexibility index (Phi) is 6.99. The van der Waals surface area contributed by atoms with E-state index >= 15 is 0 Å². The molecule has 0 bridgehead atoms. The van der Waals surface area contributed by atoms with E-state index in [-0.39, 0.29) is 24.3 Å². The summed E-state index contributed by atoms with van der Waals surface area (Å²) in [7, 11) is -3.50. The van der Waals surface area contributed by atoms with E-state index < -0.39 is 10.0 Å². The van der Waals surface area contributed by atoms with Gasteiger partial charge in [0.1, 0.15) is 5.82 Å². The van der Waals surface area contributed by atoms with Crippen molar-refractivity contribution in [3.63, 3.8) is 0 Å². The largest absolute Gasteiger partial charge is 0.346 e. The van der Waals surface area contributed by atoms with Crippen molar-refractivity contribution < 1.29 is 17.6 Å². The first-order valence-corrected chi connectivity index (χ1v) is 12.1. The fourth-order valence-corrected chi connectivity index (χ4v) is 4.35. The van der Waals surface area contributed by atoms with Gasteiger partial charge in [0.25, 0.3) is 5.91 Å². The summed E-state index contributed by atoms with van der Waals surface area (Å²) in [6, 6.07) is 18.2. The van der Waals surface area contributed by atoms with Crippen molar-refractivity contribution in [1.82, 2.24) is 5.32 Å². The van der Waals surface area contributed by atoms with Crippen LogP contribution in [-0.2, 0) is 16.6 Å². The number of anilines is 1. The summed E-state index contributed by atoms with van der Waals surface area (Å²) >= 11 is 0. The highest BCUT2D eigenvalue weighted by Crippen LogP contribution is 2.26. The summed E-state index contributed by atoms with van der Waals surface area (Å²) in [5.74, 6) is -0.588. The van der Waals surface area contributed by atoms with Crippen LogP contribution >= 0.6 is 0 Å². The maximum atomic E-state index is 13.1. The van der Waals surface area contributed by atoms with Gasteiger partial charge in [-0.15, -0.1) is 0 Å². The molecule has 0 saturated heterocycles. The minimum absolute atomic E-state index is 0.164. The molecule has 0 aliphatic rings. The van der Waals surface area contributed by atoms with Crippen molar-refractivity contribution in [2.75, 3.05) is 10.6 Å². The molecule has 5 nitrogen and oxygen atoms in total. The lowest BCUT2D eigenvalue weighted by atomic mass is 10.1. The maximum absolute atomic E-state index is 13.1. The van der Waals surface area contributed by atoms with Gasteiger partial charge < -0.3 is 5.32 Å². The molecule has 32 heavy (non-hydrogen) atoms. The molecule has 0 heterocycles. The predicted molar refractivity (Wildman–Crippen MR) is 126 cm³/mol. The lowest BCUT2D eigenvalue weighted by Crippen LogP contribution is -2.30. The Morgan fingerprint density at radius 1 is 1.00 bits per heavy atom. The van der Waals surface area contributed by atoms with Gasteiger partial charge in [-0.3, -0.25) is 9.10 Å². The van der Waals surface area contributed by atoms with Gasteiger partial charge >= 0.3 is 0 Å². The first kappa shape index (κ1) is 23.5. The average Bonchev–Trinajstić information content (AvgIpc) is 2.74. The van der Waals surface area contributed by atoms with E-state index in [2.05, 4.69) is 5.32 Å². The molecule has 3 aromatic rings. The summed E-state index contributed by atoms with van der Waals surface area (Å²) in [4.78, 5) is 12.6. The standard InChI is InChI=1S/C25H27FN2O3S/c1-17-5-6-18(2)24(15-17)28(32(4,30)31)16-20-7-9-22(10-8-20)25(29)27-19(3)21-11-13-23(26)14-12-21/h5-15,19H,16H2,1-4H3,(H,27,29)/t19-/m1/s1. The molecule has 0 saturated carbocycles. The number of rotatable bonds is 7. The highest BCUT2D eigenvalue weighted by Gasteiger charge is 2.20. The lowest BCUT2D eigenvalue weighted by Gasteiger charge is -2.25. The highest BCUT2D eigenvalue weighted by molar-refractivity contribution is 7.92. The van der Waals surface area contributed by atoms with Crippen LogP contribution in [0.25, 0.3) is 0 Å². The van der Waals surface area contributed by atoms with Crippen LogP contribution in [0, 0.1) is 19.7 Å². The van der Waals surface area contributed by atoms with E-state index in [1.807, 2.05) is 39.0 Å². The molecule has 0 aliphatic heterocycles. The molecule has 0 radical (unpaired) electrons. The maximum Gasteiger partial charge on any atom is 0.251 e. The van der Waals surface area contributed by atoms with Crippen LogP contribution in [0.2, 0.25) is 0 Å². The van der Waals surface area contributed by atoms with Crippen LogP contribution in [-0.4, -0.2) is 20.6 Å². The van der Waals surface area contributed by atoms with Crippen LogP contribution in [0.5, 0.6) is 0 Å². The Morgan fingerprint density at radius 3 is 2.22 bits per heavy atom. The lowest BCUT2D eigenvalue weighted by molar-refractivity contribution is 0.0940. The Balaban J connectivity index is 1.75. The minimum atomic E-state index is -3.50. The topological polar surface area (TPSA) is 66.5 Å². The molecule has 0 aromatic heterocycles. The first-order chi connectivity index (χ1) is 15.0. The third-order valence-corrected chi connectivity index (χ3v) is 6.42. The second-order valence-corrected chi connectivity index (χ2v) is 9.91. The average molecular weight is 455 g/mol. The number of halogens is 1. The second-order valence-electron chi connectivity index (χ2n) is 8.00. The zero-order chi connectivity index (χ0) is 23.5. The van der Waals surface area contributed by atoms with Crippen molar-refractivity contribution in [1.29, 1.82) is 0 Å². The number of aryl methyl sites for hydroxylation is 2. The fourth-order valence-electron chi connectivity index (χ4n) is 3.41. The molecule has 1 N–H and O–H groups in total. The molecular weight excluding hydrogens is 427 g/mol. The van der Waals surface area contributed by atoms with Gasteiger partial charge in [0.15, 0.2) is 0 Å². The number of nitrogens with zero attached hydrogens (tertiary/aromatic N) is 1. The van der Waals surface area contributed by atoms with Gasteiger partial charge in [0.2, 0.25) is 10.0 Å². The smallest absolute Gasteiger partial charge is 0.251 e. The Labute approximate surface area is 188 Å². The molecule has 0 spiro atoms. The summed E-state index contributed by atoms with van der Waals surface area (Å²) in [5.41, 5.74) is 4.50. The molecule has 168 valence electrons.